The van der Waals surface area contributed by atoms with Crippen molar-refractivity contribution in [2.24, 2.45) is 23.7 Å². The molecule has 0 aromatic heterocycles. The molecule has 0 heterocycles. The van der Waals surface area contributed by atoms with Gasteiger partial charge in [0.15, 0.2) is 0 Å². The van der Waals surface area contributed by atoms with Crippen LogP contribution in [-0.4, -0.2) is 0 Å². The summed E-state index contributed by atoms with van der Waals surface area (Å²) < 4.78 is 0. The molecule has 0 spiro atoms. The molecule has 0 saturated heterocycles. The third kappa shape index (κ3) is 2.72. The quantitative estimate of drug-likeness (QED) is 0.565. The van der Waals surface area contributed by atoms with E-state index < -0.39 is 0 Å². The minimum Gasteiger partial charge on any atom is -0.0625 e. The largest absolute Gasteiger partial charge is 0.0625 e. The fourth-order valence-corrected chi connectivity index (χ4v) is 2.08. The topological polar surface area (TPSA) is 0 Å². The van der Waals surface area contributed by atoms with Crippen LogP contribution in [0.15, 0.2) is 0 Å². The van der Waals surface area contributed by atoms with Crippen molar-refractivity contribution in [2.75, 3.05) is 0 Å². The Morgan fingerprint density at radius 3 is 1.10 bits per heavy atom. The van der Waals surface area contributed by atoms with Crippen molar-refractivity contribution in [1.82, 2.24) is 0 Å². The molecule has 0 aliphatic rings. The van der Waals surface area contributed by atoms with Crippen LogP contribution in [0.4, 0.5) is 0 Å². The van der Waals surface area contributed by atoms with Crippen LogP contribution in [0.3, 0.4) is 0 Å². The van der Waals surface area contributed by atoms with Crippen LogP contribution in [0, 0.1) is 30.6 Å². The number of rotatable bonds is 3. The van der Waals surface area contributed by atoms with E-state index in [9.17, 15) is 0 Å². The summed E-state index contributed by atoms with van der Waals surface area (Å²) in [6.07, 6.45) is 0. The molecule has 0 rings (SSSR count). The van der Waals surface area contributed by atoms with Crippen molar-refractivity contribution < 1.29 is 0 Å². The van der Waals surface area contributed by atoms with Gasteiger partial charge in [-0.05, 0) is 23.7 Å². The van der Waals surface area contributed by atoms with Crippen LogP contribution in [0.1, 0.15) is 34.6 Å². The van der Waals surface area contributed by atoms with Gasteiger partial charge in [-0.15, -0.1) is 0 Å². The molecule has 0 N–H and O–H groups in total. The lowest BCUT2D eigenvalue weighted by Gasteiger charge is -2.28. The first kappa shape index (κ1) is 10.0. The first-order valence-corrected chi connectivity index (χ1v) is 4.29. The van der Waals surface area contributed by atoms with Gasteiger partial charge in [-0.3, -0.25) is 0 Å². The second-order valence-electron chi connectivity index (χ2n) is 4.04. The van der Waals surface area contributed by atoms with E-state index in [-0.39, 0.29) is 0 Å². The highest BCUT2D eigenvalue weighted by Gasteiger charge is 2.20. The Morgan fingerprint density at radius 2 is 1.10 bits per heavy atom. The highest BCUT2D eigenvalue weighted by atomic mass is 14.3. The Bertz CT molecular complexity index is 61.0. The smallest absolute Gasteiger partial charge is 0.0342 e. The minimum atomic E-state index is 0.583. The van der Waals surface area contributed by atoms with Crippen LogP contribution >= 0.6 is 0 Å². The van der Waals surface area contributed by atoms with Gasteiger partial charge in [-0.25, -0.2) is 0 Å². The lowest BCUT2D eigenvalue weighted by atomic mass is 9.78. The van der Waals surface area contributed by atoms with Gasteiger partial charge in [0.2, 0.25) is 0 Å². The lowest BCUT2D eigenvalue weighted by Crippen LogP contribution is -2.21. The van der Waals surface area contributed by atoms with Gasteiger partial charge in [-0.2, -0.15) is 0 Å². The van der Waals surface area contributed by atoms with E-state index in [1.165, 1.54) is 0 Å². The van der Waals surface area contributed by atoms with Crippen LogP contribution in [-0.2, 0) is 0 Å². The van der Waals surface area contributed by atoms with Crippen molar-refractivity contribution in [3.63, 3.8) is 0 Å². The maximum atomic E-state index is 4.08. The van der Waals surface area contributed by atoms with E-state index in [0.29, 0.717) is 5.92 Å². The van der Waals surface area contributed by atoms with Crippen LogP contribution in [0.5, 0.6) is 0 Å². The second kappa shape index (κ2) is 4.00. The SMILES string of the molecule is [CH2]C(C)C(C(C)C)C(C)C. The first-order valence-electron chi connectivity index (χ1n) is 4.29. The molecule has 0 aromatic rings. The van der Waals surface area contributed by atoms with Gasteiger partial charge < -0.3 is 0 Å². The first-order chi connectivity index (χ1) is 4.46. The average Bonchev–Trinajstić information content (AvgIpc) is 1.59. The van der Waals surface area contributed by atoms with Crippen molar-refractivity contribution in [3.8, 4) is 0 Å². The molecule has 0 saturated carbocycles. The second-order valence-corrected chi connectivity index (χ2v) is 4.04. The molecule has 1 unspecified atom stereocenters. The summed E-state index contributed by atoms with van der Waals surface area (Å²) in [4.78, 5) is 0. The molecule has 1 atom stereocenters. The van der Waals surface area contributed by atoms with Crippen molar-refractivity contribution >= 4 is 0 Å². The van der Waals surface area contributed by atoms with Crippen molar-refractivity contribution in [2.45, 2.75) is 34.6 Å². The molecular formula is C10H21. The summed E-state index contributed by atoms with van der Waals surface area (Å²) in [6.45, 7) is 15.4. The predicted octanol–water partition coefficient (Wildman–Crippen LogP) is 3.38. The normalized spacial score (nSPS) is 12.6. The molecule has 10 heavy (non-hydrogen) atoms. The summed E-state index contributed by atoms with van der Waals surface area (Å²) in [5, 5.41) is 0. The van der Waals surface area contributed by atoms with Gasteiger partial charge in [0, 0.05) is 0 Å². The van der Waals surface area contributed by atoms with E-state index in [1.807, 2.05) is 0 Å². The average molecular weight is 141 g/mol. The lowest BCUT2D eigenvalue weighted by molar-refractivity contribution is 0.229. The Kier molecular flexibility index (Phi) is 4.00. The summed E-state index contributed by atoms with van der Waals surface area (Å²) in [7, 11) is 0. The monoisotopic (exact) mass is 141 g/mol. The van der Waals surface area contributed by atoms with E-state index in [2.05, 4.69) is 41.5 Å². The standard InChI is InChI=1S/C10H21/c1-7(2)10(8(3)4)9(5)6/h7-10H,1H2,2-6H3. The third-order valence-electron chi connectivity index (χ3n) is 2.20. The van der Waals surface area contributed by atoms with Crippen LogP contribution in [0.2, 0.25) is 0 Å². The Hall–Kier alpha value is 0. The van der Waals surface area contributed by atoms with E-state index in [1.54, 1.807) is 0 Å². The molecular weight excluding hydrogens is 120 g/mol. The summed E-state index contributed by atoms with van der Waals surface area (Å²) in [5.74, 6) is 2.90. The van der Waals surface area contributed by atoms with E-state index in [4.69, 9.17) is 0 Å². The van der Waals surface area contributed by atoms with Crippen molar-refractivity contribution in [3.05, 3.63) is 6.92 Å². The Balaban J connectivity index is 3.98. The van der Waals surface area contributed by atoms with Gasteiger partial charge in [0.05, 0.1) is 0 Å². The number of hydrogen-bond donors (Lipinski definition) is 0. The molecule has 0 heteroatoms. The maximum absolute atomic E-state index is 4.08. The maximum Gasteiger partial charge on any atom is -0.0342 e. The zero-order valence-electron chi connectivity index (χ0n) is 8.02. The van der Waals surface area contributed by atoms with Crippen LogP contribution < -0.4 is 0 Å². The number of hydrogen-bond acceptors (Lipinski definition) is 0. The molecule has 0 aliphatic heterocycles. The van der Waals surface area contributed by atoms with E-state index >= 15 is 0 Å². The minimum absolute atomic E-state index is 0.583. The summed E-state index contributed by atoms with van der Waals surface area (Å²) >= 11 is 0. The third-order valence-corrected chi connectivity index (χ3v) is 2.20. The molecule has 0 aliphatic carbocycles. The zero-order valence-corrected chi connectivity index (χ0v) is 8.02. The Morgan fingerprint density at radius 1 is 0.800 bits per heavy atom. The fraction of sp³-hybridized carbons (Fsp3) is 0.900. The highest BCUT2D eigenvalue weighted by Crippen LogP contribution is 2.27. The van der Waals surface area contributed by atoms with Gasteiger partial charge in [0.25, 0.3) is 0 Å². The van der Waals surface area contributed by atoms with Crippen molar-refractivity contribution in [1.29, 1.82) is 0 Å². The Labute approximate surface area is 66.0 Å². The van der Waals surface area contributed by atoms with Gasteiger partial charge >= 0.3 is 0 Å². The van der Waals surface area contributed by atoms with E-state index in [0.717, 1.165) is 17.8 Å². The molecule has 0 bridgehead atoms. The fourth-order valence-electron chi connectivity index (χ4n) is 2.08. The molecule has 1 radical (unpaired) electrons. The summed E-state index contributed by atoms with van der Waals surface area (Å²) in [6, 6.07) is 0. The molecule has 0 nitrogen and oxygen atoms in total. The van der Waals surface area contributed by atoms with Gasteiger partial charge in [-0.1, -0.05) is 41.5 Å². The van der Waals surface area contributed by atoms with Crippen LogP contribution in [0.25, 0.3) is 0 Å². The highest BCUT2D eigenvalue weighted by molar-refractivity contribution is 4.73. The van der Waals surface area contributed by atoms with Gasteiger partial charge in [0.1, 0.15) is 0 Å². The zero-order chi connectivity index (χ0) is 8.31. The summed E-state index contributed by atoms with van der Waals surface area (Å²) in [5.41, 5.74) is 0. The molecule has 61 valence electrons. The molecule has 0 amide bonds. The molecule has 0 fully saturated rings. The predicted molar refractivity (Wildman–Crippen MR) is 47.7 cm³/mol. The molecule has 0 aromatic carbocycles.